The number of hydrogen-bond acceptors (Lipinski definition) is 3. The van der Waals surface area contributed by atoms with Crippen molar-refractivity contribution in [1.29, 1.82) is 0 Å². The minimum absolute atomic E-state index is 0.0465. The minimum atomic E-state index is 0.0465. The summed E-state index contributed by atoms with van der Waals surface area (Å²) in [4.78, 5) is 0. The molecule has 1 aromatic carbocycles. The van der Waals surface area contributed by atoms with Crippen LogP contribution in [0.2, 0.25) is 0 Å². The molecule has 1 aromatic heterocycles. The Balaban J connectivity index is 1.82. The van der Waals surface area contributed by atoms with Crippen molar-refractivity contribution in [2.45, 2.75) is 39.0 Å². The predicted octanol–water partition coefficient (Wildman–Crippen LogP) is 1.16. The summed E-state index contributed by atoms with van der Waals surface area (Å²) < 4.78 is 1.89. The fourth-order valence-corrected chi connectivity index (χ4v) is 2.79. The smallest absolute Gasteiger partial charge is 0.0715 e. The molecular formula is C15H19N3O. The van der Waals surface area contributed by atoms with E-state index in [9.17, 15) is 5.11 Å². The van der Waals surface area contributed by atoms with Crippen molar-refractivity contribution in [2.24, 2.45) is 5.73 Å². The molecule has 4 heteroatoms. The molecule has 1 aliphatic carbocycles. The van der Waals surface area contributed by atoms with E-state index in [-0.39, 0.29) is 12.6 Å². The Morgan fingerprint density at radius 1 is 1.37 bits per heavy atom. The number of aromatic nitrogens is 2. The second-order valence-corrected chi connectivity index (χ2v) is 5.37. The van der Waals surface area contributed by atoms with Crippen LogP contribution in [0.5, 0.6) is 0 Å². The molecule has 100 valence electrons. The van der Waals surface area contributed by atoms with Crippen LogP contribution in [0.25, 0.3) is 0 Å². The lowest BCUT2D eigenvalue weighted by Gasteiger charge is -2.05. The quantitative estimate of drug-likeness (QED) is 0.867. The normalized spacial score (nSPS) is 17.7. The molecule has 1 atom stereocenters. The van der Waals surface area contributed by atoms with E-state index in [1.165, 1.54) is 16.7 Å². The molecule has 0 bridgehead atoms. The summed E-state index contributed by atoms with van der Waals surface area (Å²) in [6.45, 7) is 2.71. The van der Waals surface area contributed by atoms with Crippen molar-refractivity contribution in [3.05, 3.63) is 52.3 Å². The van der Waals surface area contributed by atoms with E-state index < -0.39 is 0 Å². The topological polar surface area (TPSA) is 64.1 Å². The highest BCUT2D eigenvalue weighted by Crippen LogP contribution is 2.22. The summed E-state index contributed by atoms with van der Waals surface area (Å²) in [5.74, 6) is 0. The summed E-state index contributed by atoms with van der Waals surface area (Å²) in [7, 11) is 0. The van der Waals surface area contributed by atoms with Gasteiger partial charge in [-0.2, -0.15) is 5.10 Å². The maximum Gasteiger partial charge on any atom is 0.0715 e. The summed E-state index contributed by atoms with van der Waals surface area (Å²) in [5, 5.41) is 13.6. The fraction of sp³-hybridized carbons (Fsp3) is 0.400. The maximum absolute atomic E-state index is 9.19. The molecule has 4 nitrogen and oxygen atoms in total. The molecule has 0 saturated carbocycles. The summed E-state index contributed by atoms with van der Waals surface area (Å²) in [6.07, 6.45) is 3.88. The summed E-state index contributed by atoms with van der Waals surface area (Å²) >= 11 is 0. The Labute approximate surface area is 112 Å². The lowest BCUT2D eigenvalue weighted by molar-refractivity contribution is 0.281. The maximum atomic E-state index is 9.19. The number of rotatable bonds is 3. The highest BCUT2D eigenvalue weighted by Gasteiger charge is 2.18. The van der Waals surface area contributed by atoms with Gasteiger partial charge in [0, 0.05) is 17.8 Å². The molecule has 0 radical (unpaired) electrons. The van der Waals surface area contributed by atoms with Crippen LogP contribution in [0.1, 0.15) is 27.9 Å². The lowest BCUT2D eigenvalue weighted by atomic mass is 10.1. The van der Waals surface area contributed by atoms with Gasteiger partial charge in [-0.1, -0.05) is 18.2 Å². The monoisotopic (exact) mass is 257 g/mol. The zero-order valence-electron chi connectivity index (χ0n) is 11.1. The van der Waals surface area contributed by atoms with Crippen molar-refractivity contribution in [3.63, 3.8) is 0 Å². The van der Waals surface area contributed by atoms with E-state index >= 15 is 0 Å². The molecule has 0 spiro atoms. The third-order valence-electron chi connectivity index (χ3n) is 3.80. The van der Waals surface area contributed by atoms with Gasteiger partial charge in [0.2, 0.25) is 0 Å². The Kier molecular flexibility index (Phi) is 3.12. The Hall–Kier alpha value is -1.65. The van der Waals surface area contributed by atoms with Crippen molar-refractivity contribution in [3.8, 4) is 0 Å². The van der Waals surface area contributed by atoms with Crippen molar-refractivity contribution in [1.82, 2.24) is 9.78 Å². The first-order valence-electron chi connectivity index (χ1n) is 6.66. The average molecular weight is 257 g/mol. The number of aliphatic hydroxyl groups is 1. The first-order valence-corrected chi connectivity index (χ1v) is 6.66. The van der Waals surface area contributed by atoms with Crippen LogP contribution in [0, 0.1) is 6.92 Å². The van der Waals surface area contributed by atoms with Gasteiger partial charge in [-0.15, -0.1) is 0 Å². The first-order chi connectivity index (χ1) is 9.15. The van der Waals surface area contributed by atoms with Crippen LogP contribution >= 0.6 is 0 Å². The summed E-state index contributed by atoms with van der Waals surface area (Å²) in [5.41, 5.74) is 11.8. The standard InChI is InChI=1S/C15H19N3O/c1-10-14(9-19)8-18(17-10)7-11-2-3-12-5-15(16)6-13(12)4-11/h2-4,8,15,19H,5-7,9,16H2,1H3/t15-/m1/s1. The third kappa shape index (κ3) is 2.41. The first kappa shape index (κ1) is 12.4. The van der Waals surface area contributed by atoms with Crippen LogP contribution in [0.3, 0.4) is 0 Å². The molecule has 0 unspecified atom stereocenters. The second-order valence-electron chi connectivity index (χ2n) is 5.37. The van der Waals surface area contributed by atoms with Crippen molar-refractivity contribution >= 4 is 0 Å². The molecule has 0 fully saturated rings. The molecule has 0 amide bonds. The van der Waals surface area contributed by atoms with Gasteiger partial charge in [0.25, 0.3) is 0 Å². The van der Waals surface area contributed by atoms with E-state index in [0.29, 0.717) is 0 Å². The van der Waals surface area contributed by atoms with Crippen LogP contribution in [-0.4, -0.2) is 20.9 Å². The lowest BCUT2D eigenvalue weighted by Crippen LogP contribution is -2.18. The zero-order valence-corrected chi connectivity index (χ0v) is 11.1. The highest BCUT2D eigenvalue weighted by molar-refractivity contribution is 5.37. The number of aryl methyl sites for hydroxylation is 1. The SMILES string of the molecule is Cc1nn(Cc2ccc3c(c2)C[C@H](N)C3)cc1CO. The number of aliphatic hydroxyl groups excluding tert-OH is 1. The van der Waals surface area contributed by atoms with Gasteiger partial charge in [0.1, 0.15) is 0 Å². The van der Waals surface area contributed by atoms with E-state index in [0.717, 1.165) is 30.6 Å². The van der Waals surface area contributed by atoms with Gasteiger partial charge >= 0.3 is 0 Å². The molecule has 2 aromatic rings. The van der Waals surface area contributed by atoms with Gasteiger partial charge < -0.3 is 10.8 Å². The second kappa shape index (κ2) is 4.79. The van der Waals surface area contributed by atoms with Gasteiger partial charge in [-0.25, -0.2) is 0 Å². The van der Waals surface area contributed by atoms with Gasteiger partial charge in [0.15, 0.2) is 0 Å². The zero-order chi connectivity index (χ0) is 13.4. The van der Waals surface area contributed by atoms with E-state index in [2.05, 4.69) is 23.3 Å². The van der Waals surface area contributed by atoms with E-state index in [1.54, 1.807) is 0 Å². The van der Waals surface area contributed by atoms with Gasteiger partial charge in [-0.3, -0.25) is 4.68 Å². The number of benzene rings is 1. The molecule has 0 saturated heterocycles. The number of fused-ring (bicyclic) bond motifs is 1. The van der Waals surface area contributed by atoms with Crippen LogP contribution < -0.4 is 5.73 Å². The molecule has 1 heterocycles. The van der Waals surface area contributed by atoms with Crippen LogP contribution in [0.15, 0.2) is 24.4 Å². The largest absolute Gasteiger partial charge is 0.392 e. The molecule has 0 aliphatic heterocycles. The Morgan fingerprint density at radius 3 is 2.89 bits per heavy atom. The van der Waals surface area contributed by atoms with Crippen molar-refractivity contribution < 1.29 is 5.11 Å². The average Bonchev–Trinajstić information content (AvgIpc) is 2.90. The van der Waals surface area contributed by atoms with Crippen LogP contribution in [-0.2, 0) is 26.0 Å². The van der Waals surface area contributed by atoms with E-state index in [4.69, 9.17) is 5.73 Å². The highest BCUT2D eigenvalue weighted by atomic mass is 16.3. The van der Waals surface area contributed by atoms with E-state index in [1.807, 2.05) is 17.8 Å². The summed E-state index contributed by atoms with van der Waals surface area (Å²) in [6, 6.07) is 6.84. The van der Waals surface area contributed by atoms with Gasteiger partial charge in [-0.05, 0) is 36.5 Å². The predicted molar refractivity (Wildman–Crippen MR) is 73.8 cm³/mol. The fourth-order valence-electron chi connectivity index (χ4n) is 2.79. The minimum Gasteiger partial charge on any atom is -0.392 e. The molecule has 3 N–H and O–H groups in total. The third-order valence-corrected chi connectivity index (χ3v) is 3.80. The van der Waals surface area contributed by atoms with Crippen LogP contribution in [0.4, 0.5) is 0 Å². The van der Waals surface area contributed by atoms with Gasteiger partial charge in [0.05, 0.1) is 18.8 Å². The molecule has 19 heavy (non-hydrogen) atoms. The van der Waals surface area contributed by atoms with Crippen molar-refractivity contribution in [2.75, 3.05) is 0 Å². The number of nitrogens with two attached hydrogens (primary N) is 1. The Bertz CT molecular complexity index is 603. The molecular weight excluding hydrogens is 238 g/mol. The molecule has 3 rings (SSSR count). The number of nitrogens with zero attached hydrogens (tertiary/aromatic N) is 2. The number of hydrogen-bond donors (Lipinski definition) is 2. The molecule has 1 aliphatic rings. The Morgan fingerprint density at radius 2 is 2.16 bits per heavy atom.